The number of aromatic nitrogens is 2. The number of hydrogen-bond donors (Lipinski definition) is 0. The molecule has 1 aliphatic rings. The van der Waals surface area contributed by atoms with Crippen LogP contribution in [0.5, 0.6) is 0 Å². The Hall–Kier alpha value is -4.27. The van der Waals surface area contributed by atoms with Crippen LogP contribution in [0.2, 0.25) is 0 Å². The van der Waals surface area contributed by atoms with E-state index in [1.165, 1.54) is 5.56 Å². The lowest BCUT2D eigenvalue weighted by Crippen LogP contribution is -2.33. The maximum absolute atomic E-state index is 13.8. The highest BCUT2D eigenvalue weighted by atomic mass is 16.1. The minimum Gasteiger partial charge on any atom is -0.293 e. The molecule has 3 heterocycles. The van der Waals surface area contributed by atoms with Gasteiger partial charge in [-0.2, -0.15) is 5.26 Å². The number of rotatable bonds is 5. The molecule has 5 nitrogen and oxygen atoms in total. The lowest BCUT2D eigenvalue weighted by atomic mass is 9.99. The van der Waals surface area contributed by atoms with Gasteiger partial charge < -0.3 is 0 Å². The van der Waals surface area contributed by atoms with E-state index in [4.69, 9.17) is 0 Å². The summed E-state index contributed by atoms with van der Waals surface area (Å²) in [6.07, 6.45) is 6.63. The van der Waals surface area contributed by atoms with E-state index in [9.17, 15) is 10.1 Å². The Bertz CT molecular complexity index is 1430. The summed E-state index contributed by atoms with van der Waals surface area (Å²) in [6.45, 7) is 2.44. The van der Waals surface area contributed by atoms with Gasteiger partial charge in [0.1, 0.15) is 0 Å². The molecule has 166 valence electrons. The van der Waals surface area contributed by atoms with Crippen LogP contribution in [-0.2, 0) is 6.54 Å². The first-order valence-electron chi connectivity index (χ1n) is 11.4. The fourth-order valence-corrected chi connectivity index (χ4v) is 4.41. The monoisotopic (exact) mass is 444 g/mol. The fourth-order valence-electron chi connectivity index (χ4n) is 4.41. The number of nitrogens with zero attached hydrogens (tertiary/aromatic N) is 4. The molecule has 4 aromatic rings. The molecule has 0 saturated heterocycles. The third-order valence-electron chi connectivity index (χ3n) is 6.08. The van der Waals surface area contributed by atoms with Crippen molar-refractivity contribution in [3.63, 3.8) is 0 Å². The molecule has 5 rings (SSSR count). The average Bonchev–Trinajstić information content (AvgIpc) is 2.90. The van der Waals surface area contributed by atoms with Gasteiger partial charge in [-0.25, -0.2) is 0 Å². The van der Waals surface area contributed by atoms with Gasteiger partial charge in [0.15, 0.2) is 0 Å². The highest BCUT2D eigenvalue weighted by molar-refractivity contribution is 5.75. The number of benzene rings is 2. The Balaban J connectivity index is 1.60. The molecule has 0 unspecified atom stereocenters. The molecular formula is C29H24N4O. The summed E-state index contributed by atoms with van der Waals surface area (Å²) >= 11 is 0. The predicted octanol–water partition coefficient (Wildman–Crippen LogP) is 5.20. The van der Waals surface area contributed by atoms with E-state index in [2.05, 4.69) is 46.3 Å². The van der Waals surface area contributed by atoms with Gasteiger partial charge in [0.25, 0.3) is 5.56 Å². The van der Waals surface area contributed by atoms with Crippen LogP contribution in [0.1, 0.15) is 17.5 Å². The quantitative estimate of drug-likeness (QED) is 0.425. The predicted molar refractivity (Wildman–Crippen MR) is 135 cm³/mol. The molecular weight excluding hydrogens is 420 g/mol. The lowest BCUT2D eigenvalue weighted by molar-refractivity contribution is 0.292. The normalized spacial score (nSPS) is 13.8. The van der Waals surface area contributed by atoms with Crippen LogP contribution in [-0.4, -0.2) is 27.5 Å². The Morgan fingerprint density at radius 1 is 0.941 bits per heavy atom. The summed E-state index contributed by atoms with van der Waals surface area (Å²) in [5.74, 6) is 0. The Kier molecular flexibility index (Phi) is 6.15. The summed E-state index contributed by atoms with van der Waals surface area (Å²) in [4.78, 5) is 20.6. The van der Waals surface area contributed by atoms with Gasteiger partial charge in [-0.1, -0.05) is 60.7 Å². The minimum absolute atomic E-state index is 0.129. The van der Waals surface area contributed by atoms with Gasteiger partial charge in [0.2, 0.25) is 0 Å². The summed E-state index contributed by atoms with van der Waals surface area (Å²) in [7, 11) is 0. The van der Waals surface area contributed by atoms with Crippen LogP contribution in [0.25, 0.3) is 28.1 Å². The first-order valence-corrected chi connectivity index (χ1v) is 11.4. The molecule has 0 saturated carbocycles. The number of hydrogen-bond acceptors (Lipinski definition) is 4. The summed E-state index contributed by atoms with van der Waals surface area (Å²) in [5.41, 5.74) is 5.31. The van der Waals surface area contributed by atoms with Crippen molar-refractivity contribution in [2.45, 2.75) is 13.0 Å². The maximum atomic E-state index is 13.8. The second kappa shape index (κ2) is 9.70. The van der Waals surface area contributed by atoms with Gasteiger partial charge in [-0.3, -0.25) is 19.2 Å². The van der Waals surface area contributed by atoms with Crippen molar-refractivity contribution < 1.29 is 0 Å². The third kappa shape index (κ3) is 4.45. The van der Waals surface area contributed by atoms with Gasteiger partial charge >= 0.3 is 0 Å². The first kappa shape index (κ1) is 21.6. The molecule has 0 aliphatic carbocycles. The van der Waals surface area contributed by atoms with E-state index in [0.717, 1.165) is 36.5 Å². The van der Waals surface area contributed by atoms with Gasteiger partial charge in [-0.05, 0) is 36.2 Å². The van der Waals surface area contributed by atoms with Crippen molar-refractivity contribution in [3.05, 3.63) is 119 Å². The molecule has 0 radical (unpaired) electrons. The molecule has 0 bridgehead atoms. The summed E-state index contributed by atoms with van der Waals surface area (Å²) in [6, 6.07) is 27.4. The van der Waals surface area contributed by atoms with Gasteiger partial charge in [0, 0.05) is 54.4 Å². The molecule has 1 aliphatic heterocycles. The molecule has 34 heavy (non-hydrogen) atoms. The second-order valence-electron chi connectivity index (χ2n) is 8.37. The summed E-state index contributed by atoms with van der Waals surface area (Å²) < 4.78 is 1.74. The standard InChI is InChI=1S/C29H24N4O/c30-18-23-11-4-5-13-26(23)27-17-24(28-14-6-7-15-31-28)20-33(29(27)34)25-12-8-16-32(21-25)19-22-9-2-1-3-10-22/h1-7,9-15,17,20H,8,16,19,21H2. The highest BCUT2D eigenvalue weighted by Crippen LogP contribution is 2.27. The molecule has 2 aromatic heterocycles. The average molecular weight is 445 g/mol. The molecule has 2 aromatic carbocycles. The number of nitriles is 1. The Morgan fingerprint density at radius 3 is 2.53 bits per heavy atom. The lowest BCUT2D eigenvalue weighted by Gasteiger charge is -2.28. The van der Waals surface area contributed by atoms with E-state index in [-0.39, 0.29) is 5.56 Å². The minimum atomic E-state index is -0.129. The van der Waals surface area contributed by atoms with Crippen molar-refractivity contribution in [2.24, 2.45) is 0 Å². The Morgan fingerprint density at radius 2 is 1.74 bits per heavy atom. The molecule has 5 heteroatoms. The van der Waals surface area contributed by atoms with Crippen molar-refractivity contribution in [1.29, 1.82) is 5.26 Å². The zero-order chi connectivity index (χ0) is 23.3. The maximum Gasteiger partial charge on any atom is 0.262 e. The van der Waals surface area contributed by atoms with Crippen molar-refractivity contribution >= 4 is 5.70 Å². The van der Waals surface area contributed by atoms with E-state index in [0.29, 0.717) is 23.2 Å². The fraction of sp³-hybridized carbons (Fsp3) is 0.138. The van der Waals surface area contributed by atoms with Crippen molar-refractivity contribution in [3.8, 4) is 28.5 Å². The Labute approximate surface area is 198 Å². The molecule has 0 atom stereocenters. The smallest absolute Gasteiger partial charge is 0.262 e. The van der Waals surface area contributed by atoms with E-state index >= 15 is 0 Å². The summed E-state index contributed by atoms with van der Waals surface area (Å²) in [5, 5.41) is 9.66. The second-order valence-corrected chi connectivity index (χ2v) is 8.37. The molecule has 0 spiro atoms. The van der Waals surface area contributed by atoms with Crippen LogP contribution in [0.4, 0.5) is 0 Å². The SMILES string of the molecule is N#Cc1ccccc1-c1cc(-c2ccccn2)cn(C2=CCCN(Cc3ccccc3)C2)c1=O. The van der Waals surface area contributed by atoms with Gasteiger partial charge in [0.05, 0.1) is 17.3 Å². The van der Waals surface area contributed by atoms with Crippen LogP contribution < -0.4 is 5.56 Å². The zero-order valence-corrected chi connectivity index (χ0v) is 18.8. The number of pyridine rings is 2. The largest absolute Gasteiger partial charge is 0.293 e. The van der Waals surface area contributed by atoms with E-state index < -0.39 is 0 Å². The van der Waals surface area contributed by atoms with Crippen molar-refractivity contribution in [1.82, 2.24) is 14.5 Å². The van der Waals surface area contributed by atoms with Crippen LogP contribution in [0.15, 0.2) is 102 Å². The zero-order valence-electron chi connectivity index (χ0n) is 18.8. The van der Waals surface area contributed by atoms with E-state index in [1.807, 2.05) is 54.7 Å². The van der Waals surface area contributed by atoms with Gasteiger partial charge in [-0.15, -0.1) is 0 Å². The van der Waals surface area contributed by atoms with Crippen LogP contribution in [0, 0.1) is 11.3 Å². The molecule has 0 N–H and O–H groups in total. The first-order chi connectivity index (χ1) is 16.7. The molecule has 0 amide bonds. The van der Waals surface area contributed by atoms with Crippen molar-refractivity contribution in [2.75, 3.05) is 13.1 Å². The molecule has 0 fully saturated rings. The van der Waals surface area contributed by atoms with Crippen LogP contribution >= 0.6 is 0 Å². The topological polar surface area (TPSA) is 61.9 Å². The third-order valence-corrected chi connectivity index (χ3v) is 6.08. The van der Waals surface area contributed by atoms with Crippen LogP contribution in [0.3, 0.4) is 0 Å². The highest BCUT2D eigenvalue weighted by Gasteiger charge is 2.19. The van der Waals surface area contributed by atoms with E-state index in [1.54, 1.807) is 16.8 Å².